The Kier molecular flexibility index (Phi) is 43.1. The third-order valence-electron chi connectivity index (χ3n) is 6.85. The van der Waals surface area contributed by atoms with Gasteiger partial charge in [-0.1, -0.05) is 180 Å². The van der Waals surface area contributed by atoms with E-state index in [0.29, 0.717) is 0 Å². The first-order chi connectivity index (χ1) is 16.9. The van der Waals surface area contributed by atoms with Crippen molar-refractivity contribution in [2.75, 3.05) is 0 Å². The summed E-state index contributed by atoms with van der Waals surface area (Å²) in [5.74, 6) is 0. The van der Waals surface area contributed by atoms with E-state index in [0.717, 1.165) is 6.42 Å². The van der Waals surface area contributed by atoms with Crippen LogP contribution in [0.25, 0.3) is 0 Å². The van der Waals surface area contributed by atoms with Gasteiger partial charge in [0.05, 0.1) is 0 Å². The molecule has 0 unspecified atom stereocenters. The van der Waals surface area contributed by atoms with Crippen LogP contribution >= 0.6 is 7.82 Å². The fourth-order valence-electron chi connectivity index (χ4n) is 4.67. The quantitative estimate of drug-likeness (QED) is 0.0415. The van der Waals surface area contributed by atoms with E-state index in [-0.39, 0.29) is 51.4 Å². The molecule has 214 valence electrons. The van der Waals surface area contributed by atoms with Crippen molar-refractivity contribution in [3.05, 3.63) is 6.92 Å². The van der Waals surface area contributed by atoms with Gasteiger partial charge < -0.3 is 21.6 Å². The summed E-state index contributed by atoms with van der Waals surface area (Å²) in [6.07, 6.45) is 40.8. The number of unbranched alkanes of at least 4 members (excludes halogenated alkanes) is 27. The van der Waals surface area contributed by atoms with Crippen LogP contribution in [0, 0.1) is 6.92 Å². The van der Waals surface area contributed by atoms with Gasteiger partial charge in [-0.2, -0.15) is 6.42 Å². The molecule has 0 aromatic carbocycles. The molecule has 36 heavy (non-hydrogen) atoms. The van der Waals surface area contributed by atoms with Gasteiger partial charge in [0.15, 0.2) is 0 Å². The average Bonchev–Trinajstić information content (AvgIpc) is 2.80. The molecular weight excluding hydrogens is 494 g/mol. The second kappa shape index (κ2) is 36.7. The summed E-state index contributed by atoms with van der Waals surface area (Å²) < 4.78 is 8.88. The first kappa shape index (κ1) is 42.2. The van der Waals surface area contributed by atoms with Crippen LogP contribution in [0.2, 0.25) is 0 Å². The van der Waals surface area contributed by atoms with E-state index in [1.54, 1.807) is 0 Å². The van der Waals surface area contributed by atoms with E-state index in [1.807, 2.05) is 0 Å². The maximum absolute atomic E-state index is 8.88. The number of hydrogen-bond donors (Lipinski definition) is 3. The van der Waals surface area contributed by atoms with Crippen LogP contribution in [0.5, 0.6) is 0 Å². The Balaban J connectivity index is -0.00000164. The van der Waals surface area contributed by atoms with Crippen molar-refractivity contribution in [2.24, 2.45) is 0 Å². The predicted octanol–water partition coefficient (Wildman–Crippen LogP) is 7.84. The molecule has 0 fully saturated rings. The van der Waals surface area contributed by atoms with E-state index < -0.39 is 7.82 Å². The fraction of sp³-hybridized carbons (Fsp3) is 0.967. The molecule has 0 aromatic heterocycles. The minimum atomic E-state index is -4.64. The molecule has 0 aliphatic rings. The summed E-state index contributed by atoms with van der Waals surface area (Å²) in [6, 6.07) is 0. The first-order valence-corrected chi connectivity index (χ1v) is 17.1. The number of hydrogen-bond acceptors (Lipinski definition) is 1. The van der Waals surface area contributed by atoms with Crippen molar-refractivity contribution in [1.29, 1.82) is 0 Å². The Labute approximate surface area is 269 Å². The molecule has 0 aliphatic heterocycles. The second-order valence-corrected chi connectivity index (χ2v) is 11.6. The normalized spacial score (nSPS) is 11.1. The van der Waals surface area contributed by atoms with Crippen molar-refractivity contribution in [1.82, 2.24) is 0 Å². The molecule has 0 aliphatic carbocycles. The van der Waals surface area contributed by atoms with Crippen molar-refractivity contribution in [3.8, 4) is 0 Å². The minimum Gasteiger partial charge on any atom is -0.343 e. The first-order valence-electron chi connectivity index (χ1n) is 15.5. The van der Waals surface area contributed by atoms with E-state index in [9.17, 15) is 0 Å². The van der Waals surface area contributed by atoms with Gasteiger partial charge in [-0.3, -0.25) is 0 Å². The predicted molar refractivity (Wildman–Crippen MR) is 155 cm³/mol. The largest absolute Gasteiger partial charge is 1.00 e. The summed E-state index contributed by atoms with van der Waals surface area (Å²) in [4.78, 5) is 21.6. The molecule has 0 bridgehead atoms. The standard InChI is InChI=1S/C30H61.K.H3O4P/c1-3-5-7-9-11-13-15-17-19-21-23-25-27-29-30-28-26-24-22-20-18-16-14-12-10-8-6-4-2;;1-5(2,3)4/h1,3-30H2,2H3;;(H3,1,2,3,4)/q-1;+1;. The zero-order chi connectivity index (χ0) is 26.3. The van der Waals surface area contributed by atoms with Crippen LogP contribution in [0.3, 0.4) is 0 Å². The van der Waals surface area contributed by atoms with Gasteiger partial charge in [-0.15, -0.1) is 0 Å². The van der Waals surface area contributed by atoms with Gasteiger partial charge in [0, 0.05) is 0 Å². The molecule has 0 spiro atoms. The molecule has 4 nitrogen and oxygen atoms in total. The van der Waals surface area contributed by atoms with Gasteiger partial charge in [-0.25, -0.2) is 4.57 Å². The van der Waals surface area contributed by atoms with Gasteiger partial charge in [0.1, 0.15) is 0 Å². The molecule has 0 heterocycles. The SMILES string of the molecule is O=P(O)(O)O.[CH2-]CCCCCCCCCCCCCCCCCCCCCCCCCCCCC.[K+]. The number of rotatable bonds is 27. The molecule has 0 amide bonds. The van der Waals surface area contributed by atoms with Crippen LogP contribution in [0.1, 0.15) is 187 Å². The molecule has 0 saturated carbocycles. The fourth-order valence-corrected chi connectivity index (χ4v) is 4.67. The Hall–Kier alpha value is 1.75. The Morgan fingerprint density at radius 1 is 0.417 bits per heavy atom. The molecule has 0 atom stereocenters. The summed E-state index contributed by atoms with van der Waals surface area (Å²) in [6.45, 7) is 6.22. The topological polar surface area (TPSA) is 77.8 Å². The zero-order valence-corrected chi connectivity index (χ0v) is 28.7. The van der Waals surface area contributed by atoms with E-state index in [4.69, 9.17) is 19.2 Å². The van der Waals surface area contributed by atoms with E-state index in [2.05, 4.69) is 13.8 Å². The average molecular weight is 559 g/mol. The van der Waals surface area contributed by atoms with Gasteiger partial charge in [0.2, 0.25) is 0 Å². The molecule has 0 aromatic rings. The van der Waals surface area contributed by atoms with Crippen LogP contribution in [0.15, 0.2) is 0 Å². The molecular formula is C30H64KO4P. The van der Waals surface area contributed by atoms with Gasteiger partial charge >= 0.3 is 59.2 Å². The summed E-state index contributed by atoms with van der Waals surface area (Å²) >= 11 is 0. The zero-order valence-electron chi connectivity index (χ0n) is 24.7. The Morgan fingerprint density at radius 2 is 0.556 bits per heavy atom. The number of phosphoric acid groups is 1. The summed E-state index contributed by atoms with van der Waals surface area (Å²) in [5, 5.41) is 0. The Bertz CT molecular complexity index is 381. The van der Waals surface area contributed by atoms with Gasteiger partial charge in [-0.05, 0) is 0 Å². The maximum atomic E-state index is 8.88. The second-order valence-electron chi connectivity index (χ2n) is 10.6. The molecule has 6 heteroatoms. The van der Waals surface area contributed by atoms with Crippen LogP contribution in [-0.2, 0) is 4.57 Å². The summed E-state index contributed by atoms with van der Waals surface area (Å²) in [7, 11) is -4.64. The third kappa shape index (κ3) is 52.2. The van der Waals surface area contributed by atoms with Crippen LogP contribution in [0.4, 0.5) is 0 Å². The third-order valence-corrected chi connectivity index (χ3v) is 6.85. The smallest absolute Gasteiger partial charge is 0.343 e. The van der Waals surface area contributed by atoms with Crippen molar-refractivity contribution in [2.45, 2.75) is 187 Å². The van der Waals surface area contributed by atoms with Crippen molar-refractivity contribution in [3.63, 3.8) is 0 Å². The maximum Gasteiger partial charge on any atom is 1.00 e. The van der Waals surface area contributed by atoms with Crippen molar-refractivity contribution >= 4 is 7.82 Å². The molecule has 0 radical (unpaired) electrons. The van der Waals surface area contributed by atoms with Crippen LogP contribution in [-0.4, -0.2) is 14.7 Å². The van der Waals surface area contributed by atoms with Crippen LogP contribution < -0.4 is 51.4 Å². The van der Waals surface area contributed by atoms with E-state index >= 15 is 0 Å². The molecule has 0 rings (SSSR count). The minimum absolute atomic E-state index is 0. The summed E-state index contributed by atoms with van der Waals surface area (Å²) in [5.41, 5.74) is 0. The Morgan fingerprint density at radius 3 is 0.694 bits per heavy atom. The monoisotopic (exact) mass is 558 g/mol. The van der Waals surface area contributed by atoms with Gasteiger partial charge in [0.25, 0.3) is 0 Å². The molecule has 3 N–H and O–H groups in total. The van der Waals surface area contributed by atoms with Crippen molar-refractivity contribution < 1.29 is 70.6 Å². The molecule has 0 saturated heterocycles. The van der Waals surface area contributed by atoms with E-state index in [1.165, 1.54) is 173 Å².